The molecule has 0 radical (unpaired) electrons. The molecule has 3 aromatic rings. The highest BCUT2D eigenvalue weighted by atomic mass is 16.5. The van der Waals surface area contributed by atoms with Crippen molar-refractivity contribution in [2.45, 2.75) is 13.1 Å². The highest BCUT2D eigenvalue weighted by Crippen LogP contribution is 2.19. The predicted molar refractivity (Wildman–Crippen MR) is 88.3 cm³/mol. The summed E-state index contributed by atoms with van der Waals surface area (Å²) in [5, 5.41) is 17.5. The zero-order valence-electron chi connectivity index (χ0n) is 13.8. The first-order valence-corrected chi connectivity index (χ1v) is 7.52. The normalized spacial score (nSPS) is 10.8. The second-order valence-electron chi connectivity index (χ2n) is 5.27. The maximum atomic E-state index is 12.7. The van der Waals surface area contributed by atoms with Gasteiger partial charge in [0.15, 0.2) is 5.82 Å². The van der Waals surface area contributed by atoms with Crippen LogP contribution < -0.4 is 10.3 Å². The van der Waals surface area contributed by atoms with Gasteiger partial charge in [0.2, 0.25) is 5.88 Å². The van der Waals surface area contributed by atoms with E-state index in [0.29, 0.717) is 29.9 Å². The van der Waals surface area contributed by atoms with Crippen molar-refractivity contribution >= 4 is 10.9 Å². The number of hydrogen-bond donors (Lipinski definition) is 0. The lowest BCUT2D eigenvalue weighted by atomic mass is 10.2. The van der Waals surface area contributed by atoms with E-state index >= 15 is 0 Å². The maximum Gasteiger partial charge on any atom is 0.260 e. The molecule has 3 aromatic heterocycles. The number of rotatable bonds is 6. The van der Waals surface area contributed by atoms with E-state index in [0.717, 1.165) is 0 Å². The van der Waals surface area contributed by atoms with Crippen molar-refractivity contribution in [1.29, 1.82) is 5.26 Å². The van der Waals surface area contributed by atoms with Gasteiger partial charge in [0.25, 0.3) is 5.56 Å². The molecule has 0 saturated heterocycles. The van der Waals surface area contributed by atoms with Crippen LogP contribution in [0.2, 0.25) is 0 Å². The van der Waals surface area contributed by atoms with Crippen molar-refractivity contribution < 1.29 is 9.47 Å². The fraction of sp³-hybridized carbons (Fsp3) is 0.312. The Morgan fingerprint density at radius 2 is 2.16 bits per heavy atom. The second kappa shape index (κ2) is 7.11. The van der Waals surface area contributed by atoms with Gasteiger partial charge >= 0.3 is 0 Å². The van der Waals surface area contributed by atoms with E-state index in [1.165, 1.54) is 17.7 Å². The predicted octanol–water partition coefficient (Wildman–Crippen LogP) is 0.563. The Balaban J connectivity index is 2.01. The number of ether oxygens (including phenoxy) is 2. The van der Waals surface area contributed by atoms with Gasteiger partial charge in [0, 0.05) is 19.9 Å². The van der Waals surface area contributed by atoms with Crippen molar-refractivity contribution in [3.63, 3.8) is 0 Å². The molecule has 0 amide bonds. The Bertz CT molecular complexity index is 1000. The largest absolute Gasteiger partial charge is 0.480 e. The molecule has 0 aliphatic carbocycles. The van der Waals surface area contributed by atoms with Crippen molar-refractivity contribution in [2.75, 3.05) is 20.8 Å². The molecular weight excluding hydrogens is 324 g/mol. The average molecular weight is 340 g/mol. The number of methoxy groups -OCH3 is 2. The van der Waals surface area contributed by atoms with Crippen molar-refractivity contribution in [2.24, 2.45) is 0 Å². The van der Waals surface area contributed by atoms with Crippen LogP contribution in [0.1, 0.15) is 11.4 Å². The van der Waals surface area contributed by atoms with Gasteiger partial charge in [-0.15, -0.1) is 10.2 Å². The maximum absolute atomic E-state index is 12.7. The number of nitrogens with zero attached hydrogens (tertiary/aromatic N) is 6. The van der Waals surface area contributed by atoms with Gasteiger partial charge in [0.05, 0.1) is 31.2 Å². The molecule has 3 heterocycles. The topological polar surface area (TPSA) is 108 Å². The highest BCUT2D eigenvalue weighted by Gasteiger charge is 2.12. The smallest absolute Gasteiger partial charge is 0.260 e. The van der Waals surface area contributed by atoms with Crippen molar-refractivity contribution in [3.05, 3.63) is 46.4 Å². The van der Waals surface area contributed by atoms with E-state index in [2.05, 4.69) is 15.2 Å². The van der Waals surface area contributed by atoms with Gasteiger partial charge in [-0.25, -0.2) is 4.98 Å². The first-order valence-electron chi connectivity index (χ1n) is 7.52. The molecule has 3 rings (SSSR count). The molecule has 0 aromatic carbocycles. The molecule has 0 bridgehead atoms. The molecule has 0 aliphatic rings. The molecule has 9 nitrogen and oxygen atoms in total. The molecule has 0 aliphatic heterocycles. The first kappa shape index (κ1) is 16.6. The molecule has 25 heavy (non-hydrogen) atoms. The fourth-order valence-corrected chi connectivity index (χ4v) is 2.48. The van der Waals surface area contributed by atoms with Crippen LogP contribution in [0.5, 0.6) is 5.88 Å². The lowest BCUT2D eigenvalue weighted by Crippen LogP contribution is -2.22. The van der Waals surface area contributed by atoms with Crippen molar-refractivity contribution in [1.82, 2.24) is 24.3 Å². The Kier molecular flexibility index (Phi) is 4.72. The van der Waals surface area contributed by atoms with Crippen LogP contribution >= 0.6 is 0 Å². The van der Waals surface area contributed by atoms with Gasteiger partial charge in [-0.1, -0.05) is 0 Å². The molecule has 0 saturated carbocycles. The summed E-state index contributed by atoms with van der Waals surface area (Å²) in [6.45, 7) is 1.37. The molecule has 0 N–H and O–H groups in total. The van der Waals surface area contributed by atoms with E-state index in [1.807, 2.05) is 10.6 Å². The Morgan fingerprint density at radius 3 is 2.88 bits per heavy atom. The number of fused-ring (bicyclic) bond motifs is 1. The standard InChI is InChI=1S/C16H16N6O3/c1-24-6-5-22-10-18-20-14(22)9-21-4-3-13-12(16(21)23)7-11(8-17)15(19-13)25-2/h3-4,7,10H,5-6,9H2,1-2H3. The molecule has 0 unspecified atom stereocenters. The minimum Gasteiger partial charge on any atom is -0.480 e. The lowest BCUT2D eigenvalue weighted by Gasteiger charge is -2.09. The Hall–Kier alpha value is -3.25. The van der Waals surface area contributed by atoms with Crippen LogP contribution in [-0.4, -0.2) is 45.1 Å². The zero-order chi connectivity index (χ0) is 17.8. The number of aromatic nitrogens is 5. The first-order chi connectivity index (χ1) is 12.2. The average Bonchev–Trinajstić information content (AvgIpc) is 3.08. The second-order valence-corrected chi connectivity index (χ2v) is 5.27. The summed E-state index contributed by atoms with van der Waals surface area (Å²) in [4.78, 5) is 17.0. The van der Waals surface area contributed by atoms with E-state index in [-0.39, 0.29) is 23.5 Å². The molecule has 128 valence electrons. The number of nitriles is 1. The fourth-order valence-electron chi connectivity index (χ4n) is 2.48. The quantitative estimate of drug-likeness (QED) is 0.645. The third-order valence-corrected chi connectivity index (χ3v) is 3.78. The third-order valence-electron chi connectivity index (χ3n) is 3.78. The van der Waals surface area contributed by atoms with Crippen LogP contribution in [0.4, 0.5) is 0 Å². The molecule has 0 spiro atoms. The summed E-state index contributed by atoms with van der Waals surface area (Å²) in [5.41, 5.74) is 0.427. The summed E-state index contributed by atoms with van der Waals surface area (Å²) < 4.78 is 13.5. The molecule has 0 atom stereocenters. The zero-order valence-corrected chi connectivity index (χ0v) is 13.8. The summed E-state index contributed by atoms with van der Waals surface area (Å²) in [5.74, 6) is 0.840. The van der Waals surface area contributed by atoms with Gasteiger partial charge in [-0.3, -0.25) is 4.79 Å². The summed E-state index contributed by atoms with van der Waals surface area (Å²) in [7, 11) is 3.05. The third kappa shape index (κ3) is 3.20. The summed E-state index contributed by atoms with van der Waals surface area (Å²) >= 11 is 0. The van der Waals surface area contributed by atoms with E-state index in [9.17, 15) is 10.1 Å². The van der Waals surface area contributed by atoms with Crippen LogP contribution in [-0.2, 0) is 17.8 Å². The Morgan fingerprint density at radius 1 is 1.32 bits per heavy atom. The van der Waals surface area contributed by atoms with Crippen LogP contribution in [0, 0.1) is 11.3 Å². The van der Waals surface area contributed by atoms with Gasteiger partial charge in [-0.2, -0.15) is 5.26 Å². The van der Waals surface area contributed by atoms with Gasteiger partial charge < -0.3 is 18.6 Å². The lowest BCUT2D eigenvalue weighted by molar-refractivity contribution is 0.186. The van der Waals surface area contributed by atoms with Crippen LogP contribution in [0.3, 0.4) is 0 Å². The SMILES string of the molecule is COCCn1cnnc1Cn1ccc2nc(OC)c(C#N)cc2c1=O. The van der Waals surface area contributed by atoms with Gasteiger partial charge in [-0.05, 0) is 12.1 Å². The molecule has 0 fully saturated rings. The van der Waals surface area contributed by atoms with Crippen molar-refractivity contribution in [3.8, 4) is 11.9 Å². The Labute approximate surface area is 143 Å². The molecule has 9 heteroatoms. The highest BCUT2D eigenvalue weighted by molar-refractivity contribution is 5.79. The van der Waals surface area contributed by atoms with Crippen LogP contribution in [0.25, 0.3) is 10.9 Å². The summed E-state index contributed by atoms with van der Waals surface area (Å²) in [6.07, 6.45) is 3.24. The molecular formula is C16H16N6O3. The van der Waals surface area contributed by atoms with E-state index in [1.54, 1.807) is 25.7 Å². The monoisotopic (exact) mass is 340 g/mol. The number of hydrogen-bond acceptors (Lipinski definition) is 7. The van der Waals surface area contributed by atoms with E-state index < -0.39 is 0 Å². The van der Waals surface area contributed by atoms with E-state index in [4.69, 9.17) is 9.47 Å². The number of pyridine rings is 2. The minimum atomic E-state index is -0.259. The summed E-state index contributed by atoms with van der Waals surface area (Å²) in [6, 6.07) is 5.19. The van der Waals surface area contributed by atoms with Gasteiger partial charge in [0.1, 0.15) is 18.0 Å². The van der Waals surface area contributed by atoms with Crippen LogP contribution in [0.15, 0.2) is 29.5 Å². The minimum absolute atomic E-state index is 0.200.